The fourth-order valence-electron chi connectivity index (χ4n) is 3.87. The maximum atomic E-state index is 13.4. The molecule has 3 aromatic rings. The van der Waals surface area contributed by atoms with Crippen molar-refractivity contribution in [1.29, 1.82) is 0 Å². The number of hydrogen-bond donors (Lipinski definition) is 0. The molecule has 0 N–H and O–H groups in total. The smallest absolute Gasteiger partial charge is 0.338 e. The van der Waals surface area contributed by atoms with Gasteiger partial charge in [-0.2, -0.15) is 0 Å². The molecule has 1 aromatic heterocycles. The number of fused-ring (bicyclic) bond motifs is 1. The van der Waals surface area contributed by atoms with E-state index in [1.54, 1.807) is 55.6 Å². The summed E-state index contributed by atoms with van der Waals surface area (Å²) < 4.78 is 6.86. The molecule has 0 fully saturated rings. The van der Waals surface area contributed by atoms with Gasteiger partial charge in [0.1, 0.15) is 0 Å². The van der Waals surface area contributed by atoms with E-state index in [2.05, 4.69) is 0 Å². The molecule has 35 heavy (non-hydrogen) atoms. The second kappa shape index (κ2) is 13.3. The Bertz CT molecular complexity index is 1180. The number of esters is 1. The van der Waals surface area contributed by atoms with Crippen molar-refractivity contribution in [2.24, 2.45) is 0 Å². The Kier molecular flexibility index (Phi) is 10.7. The van der Waals surface area contributed by atoms with Crippen molar-refractivity contribution >= 4 is 40.7 Å². The molecule has 0 atom stereocenters. The lowest BCUT2D eigenvalue weighted by molar-refractivity contribution is 0.0526. The molecule has 0 amide bonds. The van der Waals surface area contributed by atoms with Crippen LogP contribution in [0.5, 0.6) is 0 Å². The quantitative estimate of drug-likeness (QED) is 0.257. The molecular formula is C28H31Cl2NO4. The van der Waals surface area contributed by atoms with Gasteiger partial charge in [0.25, 0.3) is 0 Å². The number of benzene rings is 2. The van der Waals surface area contributed by atoms with Crippen LogP contribution < -0.4 is 0 Å². The van der Waals surface area contributed by atoms with E-state index in [9.17, 15) is 14.4 Å². The summed E-state index contributed by atoms with van der Waals surface area (Å²) in [4.78, 5) is 38.1. The highest BCUT2D eigenvalue weighted by Gasteiger charge is 2.31. The zero-order chi connectivity index (χ0) is 26.1. The molecule has 2 aromatic carbocycles. The summed E-state index contributed by atoms with van der Waals surface area (Å²) in [6.07, 6.45) is 3.41. The molecule has 0 saturated heterocycles. The highest BCUT2D eigenvalue weighted by atomic mass is 35.5. The highest BCUT2D eigenvalue weighted by Crippen LogP contribution is 2.34. The lowest BCUT2D eigenvalue weighted by Crippen LogP contribution is -2.15. The van der Waals surface area contributed by atoms with Gasteiger partial charge < -0.3 is 9.30 Å². The van der Waals surface area contributed by atoms with E-state index in [1.165, 1.54) is 0 Å². The largest absolute Gasteiger partial charge is 0.462 e. The Morgan fingerprint density at radius 2 is 1.54 bits per heavy atom. The molecule has 0 spiro atoms. The number of aromatic nitrogens is 1. The van der Waals surface area contributed by atoms with Crippen molar-refractivity contribution in [2.45, 2.75) is 53.9 Å². The van der Waals surface area contributed by atoms with Crippen molar-refractivity contribution in [3.8, 4) is 5.69 Å². The third-order valence-electron chi connectivity index (χ3n) is 5.29. The number of ether oxygens (including phenoxy) is 1. The Morgan fingerprint density at radius 3 is 2.11 bits per heavy atom. The Hall–Kier alpha value is -2.89. The average molecular weight is 516 g/mol. The molecule has 4 rings (SSSR count). The van der Waals surface area contributed by atoms with E-state index >= 15 is 0 Å². The number of nitrogens with zero attached hydrogens (tertiary/aromatic N) is 1. The van der Waals surface area contributed by atoms with E-state index in [0.717, 1.165) is 11.4 Å². The van der Waals surface area contributed by atoms with Crippen LogP contribution in [0.2, 0.25) is 10.0 Å². The molecule has 1 heterocycles. The summed E-state index contributed by atoms with van der Waals surface area (Å²) in [6, 6.07) is 11.7. The molecular weight excluding hydrogens is 485 g/mol. The van der Waals surface area contributed by atoms with Crippen molar-refractivity contribution in [1.82, 2.24) is 4.57 Å². The van der Waals surface area contributed by atoms with Crippen LogP contribution in [0.15, 0.2) is 48.7 Å². The van der Waals surface area contributed by atoms with Crippen molar-refractivity contribution in [2.75, 3.05) is 6.61 Å². The molecule has 0 aliphatic heterocycles. The Morgan fingerprint density at radius 1 is 0.943 bits per heavy atom. The fourth-order valence-corrected chi connectivity index (χ4v) is 4.44. The monoisotopic (exact) mass is 515 g/mol. The summed E-state index contributed by atoms with van der Waals surface area (Å²) in [7, 11) is 0. The Labute approximate surface area is 217 Å². The topological polar surface area (TPSA) is 65.4 Å². The highest BCUT2D eigenvalue weighted by molar-refractivity contribution is 6.41. The number of Topliss-reactive ketones (excluding diaryl/α,β-unsaturated/α-hetero) is 1. The Balaban J connectivity index is 0.00000103. The van der Waals surface area contributed by atoms with Crippen LogP contribution in [0.3, 0.4) is 0 Å². The SMILES string of the molecule is CC.CC.CCOC(=O)c1ccc(-n2cc(C(=O)c3c(Cl)cccc3Cl)c3c2CCCC3=O)cc1. The standard InChI is InChI=1S/C24H19Cl2NO4.2C2H6/c1-2-31-24(30)14-9-11-15(12-10-14)27-13-16(21-19(27)7-4-8-20(21)28)23(29)22-17(25)5-3-6-18(22)26;2*1-2/h3,5-6,9-13H,2,4,7-8H2,1H3;2*1-2H3. The molecule has 0 unspecified atom stereocenters. The first-order valence-electron chi connectivity index (χ1n) is 12.0. The third kappa shape index (κ3) is 6.03. The second-order valence-electron chi connectivity index (χ2n) is 7.20. The number of hydrogen-bond acceptors (Lipinski definition) is 4. The number of carbonyl (C=O) groups excluding carboxylic acids is 3. The van der Waals surface area contributed by atoms with E-state index < -0.39 is 5.97 Å². The summed E-state index contributed by atoms with van der Waals surface area (Å²) in [5.74, 6) is -0.860. The van der Waals surface area contributed by atoms with E-state index in [1.807, 2.05) is 32.3 Å². The van der Waals surface area contributed by atoms with Crippen LogP contribution >= 0.6 is 23.2 Å². The first kappa shape index (κ1) is 28.3. The van der Waals surface area contributed by atoms with Crippen molar-refractivity contribution in [3.05, 3.63) is 86.7 Å². The molecule has 5 nitrogen and oxygen atoms in total. The maximum absolute atomic E-state index is 13.4. The van der Waals surface area contributed by atoms with Crippen LogP contribution in [-0.4, -0.2) is 28.7 Å². The minimum absolute atomic E-state index is 0.0744. The van der Waals surface area contributed by atoms with Crippen LogP contribution in [0.1, 0.15) is 89.8 Å². The van der Waals surface area contributed by atoms with Gasteiger partial charge in [-0.25, -0.2) is 4.79 Å². The minimum atomic E-state index is -0.400. The van der Waals surface area contributed by atoms with Crippen LogP contribution in [0.25, 0.3) is 5.69 Å². The maximum Gasteiger partial charge on any atom is 0.338 e. The predicted molar refractivity (Wildman–Crippen MR) is 142 cm³/mol. The van der Waals surface area contributed by atoms with Gasteiger partial charge in [0.05, 0.1) is 38.9 Å². The predicted octanol–water partition coefficient (Wildman–Crippen LogP) is 7.76. The van der Waals surface area contributed by atoms with Crippen molar-refractivity contribution < 1.29 is 19.1 Å². The first-order valence-corrected chi connectivity index (χ1v) is 12.7. The van der Waals surface area contributed by atoms with Crippen molar-refractivity contribution in [3.63, 3.8) is 0 Å². The molecule has 1 aliphatic carbocycles. The fraction of sp³-hybridized carbons (Fsp3) is 0.321. The molecule has 0 saturated carbocycles. The average Bonchev–Trinajstić information content (AvgIpc) is 3.28. The van der Waals surface area contributed by atoms with Crippen LogP contribution in [-0.2, 0) is 11.2 Å². The summed E-state index contributed by atoms with van der Waals surface area (Å²) in [5, 5.41) is 0.474. The van der Waals surface area contributed by atoms with Crippen LogP contribution in [0, 0.1) is 0 Å². The molecule has 0 bridgehead atoms. The second-order valence-corrected chi connectivity index (χ2v) is 8.02. The van der Waals surface area contributed by atoms with Gasteiger partial charge >= 0.3 is 5.97 Å². The van der Waals surface area contributed by atoms with E-state index in [4.69, 9.17) is 27.9 Å². The number of rotatable bonds is 5. The van der Waals surface area contributed by atoms with Gasteiger partial charge in [0.2, 0.25) is 0 Å². The normalized spacial score (nSPS) is 11.9. The zero-order valence-corrected chi connectivity index (χ0v) is 22.3. The lowest BCUT2D eigenvalue weighted by Gasteiger charge is -2.15. The minimum Gasteiger partial charge on any atom is -0.462 e. The van der Waals surface area contributed by atoms with Crippen LogP contribution in [0.4, 0.5) is 0 Å². The first-order chi connectivity index (χ1) is 16.9. The number of ketones is 2. The van der Waals surface area contributed by atoms with E-state index in [0.29, 0.717) is 37.0 Å². The van der Waals surface area contributed by atoms with Gasteiger partial charge in [-0.15, -0.1) is 0 Å². The van der Waals surface area contributed by atoms with Gasteiger partial charge in [-0.05, 0) is 56.2 Å². The summed E-state index contributed by atoms with van der Waals surface area (Å²) in [6.45, 7) is 10.0. The zero-order valence-electron chi connectivity index (χ0n) is 20.8. The molecule has 186 valence electrons. The van der Waals surface area contributed by atoms with Gasteiger partial charge in [0, 0.05) is 24.0 Å². The molecule has 0 radical (unpaired) electrons. The van der Waals surface area contributed by atoms with Gasteiger partial charge in [-0.1, -0.05) is 57.0 Å². The number of halogens is 2. The lowest BCUT2D eigenvalue weighted by atomic mass is 9.91. The number of carbonyl (C=O) groups is 3. The van der Waals surface area contributed by atoms with E-state index in [-0.39, 0.29) is 32.7 Å². The molecule has 7 heteroatoms. The summed E-state index contributed by atoms with van der Waals surface area (Å²) in [5.41, 5.74) is 2.82. The van der Waals surface area contributed by atoms with Gasteiger partial charge in [-0.3, -0.25) is 9.59 Å². The third-order valence-corrected chi connectivity index (χ3v) is 5.92. The summed E-state index contributed by atoms with van der Waals surface area (Å²) >= 11 is 12.5. The molecule has 1 aliphatic rings. The van der Waals surface area contributed by atoms with Gasteiger partial charge in [0.15, 0.2) is 11.6 Å².